The Hall–Kier alpha value is -3.79. The van der Waals surface area contributed by atoms with Gasteiger partial charge in [0.2, 0.25) is 0 Å². The number of anilines is 3. The predicted octanol–water partition coefficient (Wildman–Crippen LogP) is 5.88. The van der Waals surface area contributed by atoms with E-state index in [2.05, 4.69) is 37.5 Å². The minimum absolute atomic E-state index is 0.633. The van der Waals surface area contributed by atoms with E-state index in [0.717, 1.165) is 41.0 Å². The number of nitrogens with zero attached hydrogens (tertiary/aromatic N) is 5. The highest BCUT2D eigenvalue weighted by molar-refractivity contribution is 8.06. The number of allylic oxidation sites excluding steroid dienone is 1. The molecule has 3 aromatic rings. The molecule has 38 heavy (non-hydrogen) atoms. The SMILES string of the molecule is C/C=N\N1C=CC(Oc2ccc(Nc3ncnc4cc(OC)c(NCCCCC5CS5)nc34)cc2C)=CC1. The van der Waals surface area contributed by atoms with Crippen LogP contribution in [0, 0.1) is 6.92 Å². The number of rotatable bonds is 12. The molecule has 1 saturated heterocycles. The predicted molar refractivity (Wildman–Crippen MR) is 156 cm³/mol. The molecule has 0 amide bonds. The number of pyridine rings is 1. The van der Waals surface area contributed by atoms with Crippen LogP contribution in [0.1, 0.15) is 31.7 Å². The number of methoxy groups -OCH3 is 1. The molecule has 2 aliphatic heterocycles. The normalized spacial score (nSPS) is 16.6. The van der Waals surface area contributed by atoms with E-state index in [1.165, 1.54) is 24.9 Å². The first-order valence-corrected chi connectivity index (χ1v) is 13.9. The summed E-state index contributed by atoms with van der Waals surface area (Å²) in [5.41, 5.74) is 3.28. The van der Waals surface area contributed by atoms with E-state index in [1.54, 1.807) is 13.3 Å². The molecule has 1 unspecified atom stereocenters. The molecule has 1 atom stereocenters. The van der Waals surface area contributed by atoms with Gasteiger partial charge in [0.05, 0.1) is 19.2 Å². The third kappa shape index (κ3) is 6.55. The molecule has 0 bridgehead atoms. The average Bonchev–Trinajstić information content (AvgIpc) is 3.76. The van der Waals surface area contributed by atoms with Crippen LogP contribution in [0.2, 0.25) is 0 Å². The van der Waals surface area contributed by atoms with E-state index in [9.17, 15) is 0 Å². The summed E-state index contributed by atoms with van der Waals surface area (Å²) in [6.07, 6.45) is 12.7. The average molecular weight is 532 g/mol. The Balaban J connectivity index is 1.28. The van der Waals surface area contributed by atoms with Crippen LogP contribution in [0.4, 0.5) is 17.3 Å². The molecule has 1 fully saturated rings. The fraction of sp³-hybridized carbons (Fsp3) is 0.357. The van der Waals surface area contributed by atoms with Crippen LogP contribution in [-0.4, -0.2) is 57.4 Å². The smallest absolute Gasteiger partial charge is 0.169 e. The molecule has 198 valence electrons. The third-order valence-electron chi connectivity index (χ3n) is 6.26. The maximum absolute atomic E-state index is 6.11. The van der Waals surface area contributed by atoms with Crippen LogP contribution < -0.4 is 20.1 Å². The number of hydrogen-bond acceptors (Lipinski definition) is 10. The van der Waals surface area contributed by atoms with E-state index in [0.29, 0.717) is 35.0 Å². The Kier molecular flexibility index (Phi) is 8.28. The van der Waals surface area contributed by atoms with Crippen LogP contribution in [0.5, 0.6) is 11.5 Å². The molecule has 2 N–H and O–H groups in total. The van der Waals surface area contributed by atoms with E-state index in [1.807, 2.05) is 61.5 Å². The van der Waals surface area contributed by atoms with Gasteiger partial charge in [0.15, 0.2) is 17.4 Å². The first kappa shape index (κ1) is 25.8. The largest absolute Gasteiger partial charge is 0.493 e. The van der Waals surface area contributed by atoms with Crippen molar-refractivity contribution in [3.63, 3.8) is 0 Å². The standard InChI is InChI=1S/C28H33N7O2S/c1-4-32-35-13-10-21(11-14-35)37-24-9-8-20(15-19(24)2)33-28-26-23(30-18-31-28)16-25(36-3)27(34-26)29-12-6-5-7-22-17-38-22/h4,8-11,13,15-16,18,22H,5-7,12,14,17H2,1-3H3,(H,29,34)(H,30,31,33)/b32-4-. The zero-order valence-electron chi connectivity index (χ0n) is 22.0. The zero-order chi connectivity index (χ0) is 26.3. The van der Waals surface area contributed by atoms with Gasteiger partial charge >= 0.3 is 0 Å². The molecule has 0 spiro atoms. The third-order valence-corrected chi connectivity index (χ3v) is 7.30. The number of benzene rings is 1. The summed E-state index contributed by atoms with van der Waals surface area (Å²) in [4.78, 5) is 13.7. The molecule has 2 aliphatic rings. The van der Waals surface area contributed by atoms with E-state index >= 15 is 0 Å². The van der Waals surface area contributed by atoms with Crippen LogP contribution in [0.25, 0.3) is 11.0 Å². The topological polar surface area (TPSA) is 96.8 Å². The van der Waals surface area contributed by atoms with Gasteiger partial charge in [-0.15, -0.1) is 0 Å². The summed E-state index contributed by atoms with van der Waals surface area (Å²) in [6, 6.07) is 7.86. The van der Waals surface area contributed by atoms with Gasteiger partial charge in [0, 0.05) is 41.7 Å². The van der Waals surface area contributed by atoms with Gasteiger partial charge in [-0.1, -0.05) is 6.42 Å². The second-order valence-corrected chi connectivity index (χ2v) is 10.5. The Morgan fingerprint density at radius 3 is 2.82 bits per heavy atom. The summed E-state index contributed by atoms with van der Waals surface area (Å²) in [5.74, 6) is 4.92. The lowest BCUT2D eigenvalue weighted by Crippen LogP contribution is -2.14. The molecule has 4 heterocycles. The molecular weight excluding hydrogens is 498 g/mol. The van der Waals surface area contributed by atoms with Crippen molar-refractivity contribution in [2.24, 2.45) is 5.10 Å². The first-order valence-electron chi connectivity index (χ1n) is 12.9. The lowest BCUT2D eigenvalue weighted by Gasteiger charge is -2.18. The highest BCUT2D eigenvalue weighted by Gasteiger charge is 2.21. The molecular formula is C28H33N7O2S. The lowest BCUT2D eigenvalue weighted by atomic mass is 10.2. The minimum atomic E-state index is 0.633. The van der Waals surface area contributed by atoms with Gasteiger partial charge in [-0.2, -0.15) is 16.9 Å². The molecule has 0 saturated carbocycles. The molecule has 1 aromatic carbocycles. The van der Waals surface area contributed by atoms with Crippen LogP contribution in [0.3, 0.4) is 0 Å². The summed E-state index contributed by atoms with van der Waals surface area (Å²) < 4.78 is 11.7. The fourth-order valence-corrected chi connectivity index (χ4v) is 4.80. The van der Waals surface area contributed by atoms with Crippen molar-refractivity contribution in [1.82, 2.24) is 20.0 Å². The van der Waals surface area contributed by atoms with Crippen molar-refractivity contribution >= 4 is 46.3 Å². The molecule has 0 aliphatic carbocycles. The zero-order valence-corrected chi connectivity index (χ0v) is 22.8. The van der Waals surface area contributed by atoms with Crippen molar-refractivity contribution in [3.8, 4) is 11.5 Å². The molecule has 10 heteroatoms. The number of thioether (sulfide) groups is 1. The number of fused-ring (bicyclic) bond motifs is 1. The molecule has 0 radical (unpaired) electrons. The summed E-state index contributed by atoms with van der Waals surface area (Å²) in [6.45, 7) is 5.43. The number of unbranched alkanes of at least 4 members (excludes halogenated alkanes) is 1. The Bertz CT molecular complexity index is 1370. The summed E-state index contributed by atoms with van der Waals surface area (Å²) >= 11 is 2.05. The highest BCUT2D eigenvalue weighted by Crippen LogP contribution is 2.34. The fourth-order valence-electron chi connectivity index (χ4n) is 4.17. The Labute approximate surface area is 227 Å². The van der Waals surface area contributed by atoms with Gasteiger partial charge in [0.25, 0.3) is 0 Å². The summed E-state index contributed by atoms with van der Waals surface area (Å²) in [5, 5.41) is 13.8. The van der Waals surface area contributed by atoms with Gasteiger partial charge in [-0.3, -0.25) is 5.01 Å². The maximum Gasteiger partial charge on any atom is 0.169 e. The van der Waals surface area contributed by atoms with E-state index in [4.69, 9.17) is 14.5 Å². The Morgan fingerprint density at radius 2 is 2.08 bits per heavy atom. The monoisotopic (exact) mass is 531 g/mol. The second-order valence-electron chi connectivity index (χ2n) is 9.13. The molecule has 5 rings (SSSR count). The van der Waals surface area contributed by atoms with E-state index in [-0.39, 0.29) is 0 Å². The number of hydrazone groups is 1. The van der Waals surface area contributed by atoms with Crippen LogP contribution >= 0.6 is 11.8 Å². The van der Waals surface area contributed by atoms with Gasteiger partial charge in [0.1, 0.15) is 23.4 Å². The van der Waals surface area contributed by atoms with Crippen LogP contribution in [-0.2, 0) is 0 Å². The van der Waals surface area contributed by atoms with Crippen LogP contribution in [0.15, 0.2) is 59.8 Å². The first-order chi connectivity index (χ1) is 18.6. The second kappa shape index (κ2) is 12.2. The number of hydrogen-bond donors (Lipinski definition) is 2. The van der Waals surface area contributed by atoms with Crippen molar-refractivity contribution in [2.75, 3.05) is 36.6 Å². The molecule has 2 aromatic heterocycles. The number of aryl methyl sites for hydroxylation is 1. The van der Waals surface area contributed by atoms with Crippen molar-refractivity contribution < 1.29 is 9.47 Å². The van der Waals surface area contributed by atoms with Crippen molar-refractivity contribution in [3.05, 3.63) is 60.3 Å². The number of aromatic nitrogens is 3. The lowest BCUT2D eigenvalue weighted by molar-refractivity contribution is 0.393. The van der Waals surface area contributed by atoms with E-state index < -0.39 is 0 Å². The highest BCUT2D eigenvalue weighted by atomic mass is 32.2. The van der Waals surface area contributed by atoms with Gasteiger partial charge in [-0.25, -0.2) is 15.0 Å². The minimum Gasteiger partial charge on any atom is -0.493 e. The molecule has 9 nitrogen and oxygen atoms in total. The maximum atomic E-state index is 6.11. The summed E-state index contributed by atoms with van der Waals surface area (Å²) in [7, 11) is 1.65. The van der Waals surface area contributed by atoms with Gasteiger partial charge in [-0.05, 0) is 62.6 Å². The number of ether oxygens (including phenoxy) is 2. The van der Waals surface area contributed by atoms with Gasteiger partial charge < -0.3 is 20.1 Å². The van der Waals surface area contributed by atoms with Crippen molar-refractivity contribution in [2.45, 2.75) is 38.4 Å². The Morgan fingerprint density at radius 1 is 1.18 bits per heavy atom. The number of nitrogens with one attached hydrogen (secondary N) is 2. The quantitative estimate of drug-likeness (QED) is 0.169. The van der Waals surface area contributed by atoms with Crippen molar-refractivity contribution in [1.29, 1.82) is 0 Å².